The Morgan fingerprint density at radius 3 is 2.68 bits per heavy atom. The van der Waals surface area contributed by atoms with Crippen molar-refractivity contribution in [1.29, 1.82) is 0 Å². The van der Waals surface area contributed by atoms with E-state index in [0.717, 1.165) is 19.4 Å². The van der Waals surface area contributed by atoms with E-state index in [9.17, 15) is 13.6 Å². The molecule has 1 atom stereocenters. The molecule has 19 heavy (non-hydrogen) atoms. The van der Waals surface area contributed by atoms with Crippen LogP contribution in [0.25, 0.3) is 0 Å². The van der Waals surface area contributed by atoms with E-state index in [1.165, 1.54) is 19.1 Å². The minimum atomic E-state index is -1.01. The first kappa shape index (κ1) is 14.1. The number of hydrogen-bond donors (Lipinski definition) is 1. The van der Waals surface area contributed by atoms with Gasteiger partial charge in [0.25, 0.3) is 0 Å². The molecule has 0 bridgehead atoms. The van der Waals surface area contributed by atoms with Crippen LogP contribution < -0.4 is 5.32 Å². The van der Waals surface area contributed by atoms with Crippen LogP contribution in [0.4, 0.5) is 8.78 Å². The van der Waals surface area contributed by atoms with Gasteiger partial charge in [-0.25, -0.2) is 8.78 Å². The number of aryl methyl sites for hydroxylation is 1. The lowest BCUT2D eigenvalue weighted by molar-refractivity contribution is 0.0725. The van der Waals surface area contributed by atoms with Gasteiger partial charge in [-0.2, -0.15) is 0 Å². The Morgan fingerprint density at radius 1 is 1.37 bits per heavy atom. The Balaban J connectivity index is 2.40. The third kappa shape index (κ3) is 2.41. The van der Waals surface area contributed by atoms with Gasteiger partial charge in [-0.05, 0) is 44.4 Å². The number of hydrogen-bond acceptors (Lipinski definition) is 2. The Hall–Kier alpha value is -1.29. The van der Waals surface area contributed by atoms with Crippen LogP contribution >= 0.6 is 0 Å². The number of benzene rings is 1. The summed E-state index contributed by atoms with van der Waals surface area (Å²) >= 11 is 0. The second kappa shape index (κ2) is 5.37. The van der Waals surface area contributed by atoms with E-state index in [1.54, 1.807) is 0 Å². The van der Waals surface area contributed by atoms with Gasteiger partial charge in [0.05, 0.1) is 5.56 Å². The molecule has 0 aliphatic carbocycles. The molecular formula is C15H19F2NO. The summed E-state index contributed by atoms with van der Waals surface area (Å²) in [6, 6.07) is 2.87. The van der Waals surface area contributed by atoms with E-state index in [0.29, 0.717) is 13.0 Å². The van der Waals surface area contributed by atoms with E-state index < -0.39 is 17.0 Å². The molecule has 1 aliphatic rings. The van der Waals surface area contributed by atoms with E-state index >= 15 is 0 Å². The topological polar surface area (TPSA) is 29.1 Å². The highest BCUT2D eigenvalue weighted by Crippen LogP contribution is 2.35. The van der Waals surface area contributed by atoms with E-state index in [4.69, 9.17) is 0 Å². The average Bonchev–Trinajstić information content (AvgIpc) is 2.45. The molecule has 4 heteroatoms. The maximum Gasteiger partial charge on any atom is 0.173 e. The third-order valence-electron chi connectivity index (χ3n) is 4.15. The quantitative estimate of drug-likeness (QED) is 0.852. The largest absolute Gasteiger partial charge is 0.316 e. The fourth-order valence-electron chi connectivity index (χ4n) is 2.73. The molecule has 1 N–H and O–H groups in total. The van der Waals surface area contributed by atoms with Crippen molar-refractivity contribution in [3.63, 3.8) is 0 Å². The highest BCUT2D eigenvalue weighted by molar-refractivity contribution is 6.01. The maximum atomic E-state index is 14.0. The first-order valence-electron chi connectivity index (χ1n) is 6.72. The van der Waals surface area contributed by atoms with Gasteiger partial charge in [-0.15, -0.1) is 0 Å². The lowest BCUT2D eigenvalue weighted by Gasteiger charge is -2.35. The minimum absolute atomic E-state index is 0.117. The minimum Gasteiger partial charge on any atom is -0.316 e. The molecule has 0 amide bonds. The molecular weight excluding hydrogens is 248 g/mol. The predicted molar refractivity (Wildman–Crippen MR) is 70.3 cm³/mol. The number of halogens is 2. The van der Waals surface area contributed by atoms with Crippen molar-refractivity contribution in [1.82, 2.24) is 5.32 Å². The van der Waals surface area contributed by atoms with Gasteiger partial charge in [-0.3, -0.25) is 4.79 Å². The molecule has 104 valence electrons. The van der Waals surface area contributed by atoms with Crippen LogP contribution in [0.5, 0.6) is 0 Å². The zero-order chi connectivity index (χ0) is 14.0. The summed E-state index contributed by atoms with van der Waals surface area (Å²) in [5.41, 5.74) is -0.490. The molecule has 1 aliphatic heterocycles. The highest BCUT2D eigenvalue weighted by Gasteiger charge is 2.39. The fraction of sp³-hybridized carbons (Fsp3) is 0.533. The zero-order valence-corrected chi connectivity index (χ0v) is 11.4. The normalized spacial score (nSPS) is 23.4. The van der Waals surface area contributed by atoms with Crippen LogP contribution in [-0.2, 0) is 0 Å². The van der Waals surface area contributed by atoms with Crippen molar-refractivity contribution in [3.8, 4) is 0 Å². The van der Waals surface area contributed by atoms with Gasteiger partial charge in [0.15, 0.2) is 17.4 Å². The van der Waals surface area contributed by atoms with Crippen LogP contribution in [0.3, 0.4) is 0 Å². The van der Waals surface area contributed by atoms with Gasteiger partial charge in [0.2, 0.25) is 0 Å². The summed E-state index contributed by atoms with van der Waals surface area (Å²) in [5, 5.41) is 3.19. The number of piperidine rings is 1. The van der Waals surface area contributed by atoms with Gasteiger partial charge >= 0.3 is 0 Å². The second-order valence-electron chi connectivity index (χ2n) is 5.30. The smallest absolute Gasteiger partial charge is 0.173 e. The summed E-state index contributed by atoms with van der Waals surface area (Å²) < 4.78 is 27.6. The summed E-state index contributed by atoms with van der Waals surface area (Å²) in [6.45, 7) is 4.83. The number of Topliss-reactive ketones (excluding diaryl/α,β-unsaturated/α-hetero) is 1. The SMILES string of the molecule is CCC1(C(=O)c2ccc(C)c(F)c2F)CCCNC1. The molecule has 1 aromatic rings. The van der Waals surface area contributed by atoms with Crippen molar-refractivity contribution in [2.24, 2.45) is 5.41 Å². The van der Waals surface area contributed by atoms with Crippen LogP contribution in [0.2, 0.25) is 0 Å². The van der Waals surface area contributed by atoms with Gasteiger partial charge in [-0.1, -0.05) is 13.0 Å². The molecule has 1 aromatic carbocycles. The Morgan fingerprint density at radius 2 is 2.11 bits per heavy atom. The summed E-state index contributed by atoms with van der Waals surface area (Å²) in [6.07, 6.45) is 2.24. The lowest BCUT2D eigenvalue weighted by Crippen LogP contribution is -2.45. The molecule has 1 saturated heterocycles. The van der Waals surface area contributed by atoms with Gasteiger partial charge in [0.1, 0.15) is 0 Å². The average molecular weight is 267 g/mol. The molecule has 1 heterocycles. The molecule has 0 spiro atoms. The number of nitrogens with one attached hydrogen (secondary N) is 1. The van der Waals surface area contributed by atoms with Gasteiger partial charge < -0.3 is 5.32 Å². The molecule has 0 saturated carbocycles. The first-order valence-corrected chi connectivity index (χ1v) is 6.72. The van der Waals surface area contributed by atoms with E-state index in [2.05, 4.69) is 5.32 Å². The standard InChI is InChI=1S/C15H19F2NO/c1-3-15(7-4-8-18-9-15)14(19)11-6-5-10(2)12(16)13(11)17/h5-6,18H,3-4,7-9H2,1-2H3. The van der Waals surface area contributed by atoms with Crippen molar-refractivity contribution < 1.29 is 13.6 Å². The number of ketones is 1. The monoisotopic (exact) mass is 267 g/mol. The molecule has 1 unspecified atom stereocenters. The third-order valence-corrected chi connectivity index (χ3v) is 4.15. The van der Waals surface area contributed by atoms with Crippen LogP contribution in [0.1, 0.15) is 42.1 Å². The Labute approximate surface area is 112 Å². The number of carbonyl (C=O) groups excluding carboxylic acids is 1. The van der Waals surface area contributed by atoms with Gasteiger partial charge in [0, 0.05) is 12.0 Å². The van der Waals surface area contributed by atoms with Crippen molar-refractivity contribution in [2.45, 2.75) is 33.1 Å². The maximum absolute atomic E-state index is 14.0. The Bertz CT molecular complexity index is 493. The Kier molecular flexibility index (Phi) is 3.99. The summed E-state index contributed by atoms with van der Waals surface area (Å²) in [4.78, 5) is 12.6. The fourth-order valence-corrected chi connectivity index (χ4v) is 2.73. The molecule has 0 aromatic heterocycles. The van der Waals surface area contributed by atoms with E-state index in [-0.39, 0.29) is 16.9 Å². The van der Waals surface area contributed by atoms with Crippen molar-refractivity contribution >= 4 is 5.78 Å². The highest BCUT2D eigenvalue weighted by atomic mass is 19.2. The second-order valence-corrected chi connectivity index (χ2v) is 5.30. The molecule has 2 rings (SSSR count). The zero-order valence-electron chi connectivity index (χ0n) is 11.4. The van der Waals surface area contributed by atoms with Crippen LogP contribution in [0.15, 0.2) is 12.1 Å². The van der Waals surface area contributed by atoms with Crippen LogP contribution in [-0.4, -0.2) is 18.9 Å². The molecule has 1 fully saturated rings. The van der Waals surface area contributed by atoms with Crippen molar-refractivity contribution in [2.75, 3.05) is 13.1 Å². The van der Waals surface area contributed by atoms with Crippen molar-refractivity contribution in [3.05, 3.63) is 34.9 Å². The number of carbonyl (C=O) groups is 1. The molecule has 0 radical (unpaired) electrons. The van der Waals surface area contributed by atoms with Crippen LogP contribution in [0, 0.1) is 24.0 Å². The summed E-state index contributed by atoms with van der Waals surface area (Å²) in [5.74, 6) is -2.21. The molecule has 2 nitrogen and oxygen atoms in total. The van der Waals surface area contributed by atoms with E-state index in [1.807, 2.05) is 6.92 Å². The summed E-state index contributed by atoms with van der Waals surface area (Å²) in [7, 11) is 0. The first-order chi connectivity index (χ1) is 9.02. The lowest BCUT2D eigenvalue weighted by atomic mass is 9.72. The number of rotatable bonds is 3. The predicted octanol–water partition coefficient (Wildman–Crippen LogP) is 3.24.